The van der Waals surface area contributed by atoms with Gasteiger partial charge in [-0.25, -0.2) is 9.97 Å². The number of imidazole rings is 1. The summed E-state index contributed by atoms with van der Waals surface area (Å²) in [5.74, 6) is -0.189. The Hall–Kier alpha value is -2.77. The summed E-state index contributed by atoms with van der Waals surface area (Å²) >= 11 is 0. The molecule has 1 aliphatic rings. The van der Waals surface area contributed by atoms with Crippen molar-refractivity contribution in [2.45, 2.75) is 31.5 Å². The lowest BCUT2D eigenvalue weighted by atomic mass is 10.1. The van der Waals surface area contributed by atoms with Crippen LogP contribution in [-0.4, -0.2) is 52.9 Å². The molecule has 1 N–H and O–H groups in total. The van der Waals surface area contributed by atoms with E-state index in [2.05, 4.69) is 27.4 Å². The first-order valence-electron chi connectivity index (χ1n) is 9.51. The fourth-order valence-electron chi connectivity index (χ4n) is 3.52. The molecule has 146 valence electrons. The first kappa shape index (κ1) is 18.6. The van der Waals surface area contributed by atoms with Crippen molar-refractivity contribution < 1.29 is 14.3 Å². The minimum atomic E-state index is -0.189. The van der Waals surface area contributed by atoms with Crippen LogP contribution in [0.15, 0.2) is 48.9 Å². The first-order valence-corrected chi connectivity index (χ1v) is 9.51. The highest BCUT2D eigenvalue weighted by molar-refractivity contribution is 5.96. The highest BCUT2D eigenvalue weighted by Gasteiger charge is 2.27. The Morgan fingerprint density at radius 2 is 2.18 bits per heavy atom. The van der Waals surface area contributed by atoms with Crippen LogP contribution in [0.5, 0.6) is 0 Å². The molecular formula is C21H24N4O3. The number of pyridine rings is 1. The Labute approximate surface area is 163 Å². The summed E-state index contributed by atoms with van der Waals surface area (Å²) < 4.78 is 12.9. The molecule has 7 nitrogen and oxygen atoms in total. The van der Waals surface area contributed by atoms with E-state index in [1.165, 1.54) is 5.56 Å². The number of rotatable bonds is 6. The van der Waals surface area contributed by atoms with E-state index in [1.807, 2.05) is 22.8 Å². The molecule has 2 atom stereocenters. The van der Waals surface area contributed by atoms with Crippen molar-refractivity contribution >= 4 is 17.1 Å². The molecule has 4 rings (SSSR count). The summed E-state index contributed by atoms with van der Waals surface area (Å²) in [6.07, 6.45) is 5.01. The summed E-state index contributed by atoms with van der Waals surface area (Å²) in [6.45, 7) is 1.89. The van der Waals surface area contributed by atoms with Gasteiger partial charge < -0.3 is 19.4 Å². The van der Waals surface area contributed by atoms with Gasteiger partial charge in [0.05, 0.1) is 30.6 Å². The maximum absolute atomic E-state index is 12.6. The summed E-state index contributed by atoms with van der Waals surface area (Å²) in [5, 5.41) is 2.99. The number of nitrogens with one attached hydrogen (secondary N) is 1. The lowest BCUT2D eigenvalue weighted by Gasteiger charge is -2.30. The molecule has 3 heterocycles. The summed E-state index contributed by atoms with van der Waals surface area (Å²) in [5.41, 5.74) is 3.25. The van der Waals surface area contributed by atoms with Crippen LogP contribution >= 0.6 is 0 Å². The molecule has 0 radical (unpaired) electrons. The van der Waals surface area contributed by atoms with Gasteiger partial charge in [-0.15, -0.1) is 0 Å². The molecule has 0 aliphatic carbocycles. The Morgan fingerprint density at radius 1 is 1.32 bits per heavy atom. The van der Waals surface area contributed by atoms with Gasteiger partial charge in [0.1, 0.15) is 5.52 Å². The van der Waals surface area contributed by atoms with Gasteiger partial charge >= 0.3 is 0 Å². The number of fused-ring (bicyclic) bond motifs is 1. The zero-order valence-corrected chi connectivity index (χ0v) is 15.9. The lowest BCUT2D eigenvalue weighted by molar-refractivity contribution is -0.0349. The van der Waals surface area contributed by atoms with Gasteiger partial charge in [0, 0.05) is 26.5 Å². The van der Waals surface area contributed by atoms with Crippen LogP contribution in [0.2, 0.25) is 0 Å². The van der Waals surface area contributed by atoms with E-state index in [4.69, 9.17) is 9.47 Å². The van der Waals surface area contributed by atoms with Gasteiger partial charge in [0.2, 0.25) is 0 Å². The van der Waals surface area contributed by atoms with E-state index in [0.29, 0.717) is 24.3 Å². The van der Waals surface area contributed by atoms with E-state index in [-0.39, 0.29) is 18.1 Å². The second kappa shape index (κ2) is 8.50. The van der Waals surface area contributed by atoms with E-state index in [0.717, 1.165) is 25.0 Å². The fourth-order valence-corrected chi connectivity index (χ4v) is 3.52. The number of carbonyl (C=O) groups excluding carboxylic acids is 1. The second-order valence-electron chi connectivity index (χ2n) is 6.96. The van der Waals surface area contributed by atoms with Crippen molar-refractivity contribution in [2.75, 3.05) is 20.3 Å². The summed E-state index contributed by atoms with van der Waals surface area (Å²) in [4.78, 5) is 21.5. The van der Waals surface area contributed by atoms with Crippen molar-refractivity contribution in [1.29, 1.82) is 0 Å². The van der Waals surface area contributed by atoms with Crippen LogP contribution in [-0.2, 0) is 22.4 Å². The fraction of sp³-hybridized carbons (Fsp3) is 0.381. The number of aryl methyl sites for hydroxylation is 2. The van der Waals surface area contributed by atoms with E-state index >= 15 is 0 Å². The van der Waals surface area contributed by atoms with Gasteiger partial charge in [-0.3, -0.25) is 4.79 Å². The predicted octanol–water partition coefficient (Wildman–Crippen LogP) is 2.21. The molecule has 0 unspecified atom stereocenters. The van der Waals surface area contributed by atoms with Gasteiger partial charge in [0.25, 0.3) is 5.91 Å². The molecule has 1 aliphatic heterocycles. The van der Waals surface area contributed by atoms with Crippen LogP contribution in [0.4, 0.5) is 0 Å². The molecule has 1 amide bonds. The minimum absolute atomic E-state index is 0.0356. The Kier molecular flexibility index (Phi) is 5.64. The van der Waals surface area contributed by atoms with Crippen molar-refractivity contribution in [1.82, 2.24) is 19.9 Å². The maximum atomic E-state index is 12.6. The molecule has 2 aromatic heterocycles. The van der Waals surface area contributed by atoms with Gasteiger partial charge in [-0.2, -0.15) is 0 Å². The summed E-state index contributed by atoms with van der Waals surface area (Å²) in [6, 6.07) is 11.9. The van der Waals surface area contributed by atoms with Crippen LogP contribution < -0.4 is 5.32 Å². The van der Waals surface area contributed by atoms with Crippen LogP contribution in [0.1, 0.15) is 22.3 Å². The number of benzene rings is 1. The Morgan fingerprint density at radius 3 is 3.00 bits per heavy atom. The standard InChI is InChI=1S/C21H24N4O3/c1-27-19-8-10-28-13-18(19)24-21(26)16-11-17-20(22-12-16)25(14-23-17)9-7-15-5-3-2-4-6-15/h2-6,11-12,14,18-19H,7-10,13H2,1H3,(H,24,26)/t18-,19-/m1/s1. The molecular weight excluding hydrogens is 356 g/mol. The average molecular weight is 380 g/mol. The average Bonchev–Trinajstić information content (AvgIpc) is 3.15. The zero-order valence-electron chi connectivity index (χ0n) is 15.9. The molecule has 0 bridgehead atoms. The molecule has 0 spiro atoms. The smallest absolute Gasteiger partial charge is 0.253 e. The third-order valence-corrected chi connectivity index (χ3v) is 5.11. The highest BCUT2D eigenvalue weighted by atomic mass is 16.5. The van der Waals surface area contributed by atoms with E-state index in [1.54, 1.807) is 25.7 Å². The zero-order chi connectivity index (χ0) is 19.3. The number of nitrogens with zero attached hydrogens (tertiary/aromatic N) is 3. The molecule has 3 aromatic rings. The number of ether oxygens (including phenoxy) is 2. The number of hydrogen-bond donors (Lipinski definition) is 1. The molecule has 1 aromatic carbocycles. The quantitative estimate of drug-likeness (QED) is 0.709. The topological polar surface area (TPSA) is 78.3 Å². The number of carbonyl (C=O) groups is 1. The van der Waals surface area contributed by atoms with Gasteiger partial charge in [-0.1, -0.05) is 30.3 Å². The van der Waals surface area contributed by atoms with Crippen molar-refractivity contribution in [2.24, 2.45) is 0 Å². The highest BCUT2D eigenvalue weighted by Crippen LogP contribution is 2.15. The molecule has 1 saturated heterocycles. The largest absolute Gasteiger partial charge is 0.379 e. The number of amides is 1. The monoisotopic (exact) mass is 380 g/mol. The minimum Gasteiger partial charge on any atom is -0.379 e. The van der Waals surface area contributed by atoms with Crippen LogP contribution in [0.3, 0.4) is 0 Å². The van der Waals surface area contributed by atoms with E-state index < -0.39 is 0 Å². The summed E-state index contributed by atoms with van der Waals surface area (Å²) in [7, 11) is 1.66. The van der Waals surface area contributed by atoms with Crippen molar-refractivity contribution in [3.63, 3.8) is 0 Å². The molecule has 28 heavy (non-hydrogen) atoms. The van der Waals surface area contributed by atoms with Crippen LogP contribution in [0, 0.1) is 0 Å². The third-order valence-electron chi connectivity index (χ3n) is 5.11. The SMILES string of the molecule is CO[C@@H]1CCOC[C@H]1NC(=O)c1cnc2c(c1)ncn2CCc1ccccc1. The third kappa shape index (κ3) is 4.05. The van der Waals surface area contributed by atoms with Gasteiger partial charge in [0.15, 0.2) is 5.65 Å². The Balaban J connectivity index is 1.45. The maximum Gasteiger partial charge on any atom is 0.253 e. The molecule has 0 saturated carbocycles. The number of hydrogen-bond acceptors (Lipinski definition) is 5. The van der Waals surface area contributed by atoms with Crippen molar-refractivity contribution in [3.8, 4) is 0 Å². The lowest BCUT2D eigenvalue weighted by Crippen LogP contribution is -2.50. The Bertz CT molecular complexity index is 941. The van der Waals surface area contributed by atoms with Crippen molar-refractivity contribution in [3.05, 3.63) is 60.0 Å². The first-order chi connectivity index (χ1) is 13.7. The number of aromatic nitrogens is 3. The molecule has 1 fully saturated rings. The second-order valence-corrected chi connectivity index (χ2v) is 6.96. The van der Waals surface area contributed by atoms with Gasteiger partial charge in [-0.05, 0) is 24.5 Å². The van der Waals surface area contributed by atoms with Crippen LogP contribution in [0.25, 0.3) is 11.2 Å². The molecule has 7 heteroatoms. The predicted molar refractivity (Wildman–Crippen MR) is 105 cm³/mol. The number of methoxy groups -OCH3 is 1. The normalized spacial score (nSPS) is 19.6. The van der Waals surface area contributed by atoms with E-state index in [9.17, 15) is 4.79 Å².